The molecule has 172 valence electrons. The molecule has 0 spiro atoms. The van der Waals surface area contributed by atoms with Gasteiger partial charge < -0.3 is 25.5 Å². The molecule has 32 heavy (non-hydrogen) atoms. The van der Waals surface area contributed by atoms with Crippen LogP contribution in [0, 0.1) is 0 Å². The SMILES string of the molecule is CN(CCN1CCCCC1)C(=O)c1cccc(C(=O)NCCNCc2ccccc2O)c1. The van der Waals surface area contributed by atoms with E-state index in [1.54, 1.807) is 41.3 Å². The van der Waals surface area contributed by atoms with Crippen LogP contribution in [0.1, 0.15) is 45.5 Å². The molecule has 2 aromatic rings. The van der Waals surface area contributed by atoms with Crippen molar-refractivity contribution in [1.29, 1.82) is 0 Å². The van der Waals surface area contributed by atoms with E-state index in [4.69, 9.17) is 0 Å². The summed E-state index contributed by atoms with van der Waals surface area (Å²) in [5.41, 5.74) is 1.81. The van der Waals surface area contributed by atoms with E-state index in [0.717, 1.165) is 25.2 Å². The van der Waals surface area contributed by atoms with Crippen LogP contribution in [0.2, 0.25) is 0 Å². The molecule has 1 fully saturated rings. The van der Waals surface area contributed by atoms with Crippen LogP contribution in [0.3, 0.4) is 0 Å². The first kappa shape index (κ1) is 23.8. The zero-order chi connectivity index (χ0) is 22.8. The first-order chi connectivity index (χ1) is 15.5. The van der Waals surface area contributed by atoms with E-state index in [2.05, 4.69) is 15.5 Å². The number of piperidine rings is 1. The lowest BCUT2D eigenvalue weighted by atomic mass is 10.1. The van der Waals surface area contributed by atoms with E-state index >= 15 is 0 Å². The van der Waals surface area contributed by atoms with Gasteiger partial charge in [-0.2, -0.15) is 0 Å². The predicted molar refractivity (Wildman–Crippen MR) is 126 cm³/mol. The second kappa shape index (κ2) is 12.2. The number of benzene rings is 2. The van der Waals surface area contributed by atoms with Crippen molar-refractivity contribution in [3.63, 3.8) is 0 Å². The number of likely N-dealkylation sites (N-methyl/N-ethyl adjacent to an activating group) is 1. The highest BCUT2D eigenvalue weighted by Gasteiger charge is 2.16. The van der Waals surface area contributed by atoms with Gasteiger partial charge in [-0.05, 0) is 50.2 Å². The van der Waals surface area contributed by atoms with Crippen molar-refractivity contribution >= 4 is 11.8 Å². The molecule has 1 saturated heterocycles. The number of rotatable bonds is 10. The fourth-order valence-electron chi connectivity index (χ4n) is 3.84. The van der Waals surface area contributed by atoms with Gasteiger partial charge in [0.05, 0.1) is 0 Å². The molecule has 1 heterocycles. The van der Waals surface area contributed by atoms with E-state index in [9.17, 15) is 14.7 Å². The summed E-state index contributed by atoms with van der Waals surface area (Å²) in [6.07, 6.45) is 3.77. The molecule has 1 aliphatic heterocycles. The van der Waals surface area contributed by atoms with Gasteiger partial charge in [-0.3, -0.25) is 9.59 Å². The molecule has 0 saturated carbocycles. The summed E-state index contributed by atoms with van der Waals surface area (Å²) in [6.45, 7) is 5.32. The second-order valence-corrected chi connectivity index (χ2v) is 8.27. The maximum absolute atomic E-state index is 12.8. The van der Waals surface area contributed by atoms with Crippen molar-refractivity contribution in [3.8, 4) is 5.75 Å². The van der Waals surface area contributed by atoms with Crippen molar-refractivity contribution in [2.75, 3.05) is 46.3 Å². The molecule has 0 aromatic heterocycles. The summed E-state index contributed by atoms with van der Waals surface area (Å²) in [4.78, 5) is 29.4. The quantitative estimate of drug-likeness (QED) is 0.496. The van der Waals surface area contributed by atoms with Crippen molar-refractivity contribution in [3.05, 3.63) is 65.2 Å². The summed E-state index contributed by atoms with van der Waals surface area (Å²) < 4.78 is 0. The zero-order valence-corrected chi connectivity index (χ0v) is 18.8. The van der Waals surface area contributed by atoms with Crippen LogP contribution in [0.15, 0.2) is 48.5 Å². The Morgan fingerprint density at radius 1 is 1.00 bits per heavy atom. The molecule has 2 amide bonds. The molecule has 3 N–H and O–H groups in total. The predicted octanol–water partition coefficient (Wildman–Crippen LogP) is 2.47. The minimum atomic E-state index is -0.208. The number of aromatic hydroxyl groups is 1. The number of amides is 2. The number of phenolic OH excluding ortho intramolecular Hbond substituents is 1. The van der Waals surface area contributed by atoms with Crippen LogP contribution in [-0.2, 0) is 6.54 Å². The molecule has 0 unspecified atom stereocenters. The number of hydrogen-bond acceptors (Lipinski definition) is 5. The number of likely N-dealkylation sites (tertiary alicyclic amines) is 1. The van der Waals surface area contributed by atoms with Crippen LogP contribution in [0.25, 0.3) is 0 Å². The Morgan fingerprint density at radius 3 is 2.53 bits per heavy atom. The minimum Gasteiger partial charge on any atom is -0.508 e. The summed E-state index contributed by atoms with van der Waals surface area (Å²) >= 11 is 0. The first-order valence-corrected chi connectivity index (χ1v) is 11.4. The maximum atomic E-state index is 12.8. The fourth-order valence-corrected chi connectivity index (χ4v) is 3.84. The van der Waals surface area contributed by atoms with Crippen molar-refractivity contribution in [1.82, 2.24) is 20.4 Å². The first-order valence-electron chi connectivity index (χ1n) is 11.4. The molecule has 2 aromatic carbocycles. The second-order valence-electron chi connectivity index (χ2n) is 8.27. The Hall–Kier alpha value is -2.90. The van der Waals surface area contributed by atoms with Gasteiger partial charge in [0.1, 0.15) is 5.75 Å². The standard InChI is InChI=1S/C25H34N4O3/c1-28(16-17-29-14-5-2-6-15-29)25(32)21-10-7-9-20(18-21)24(31)27-13-12-26-19-22-8-3-4-11-23(22)30/h3-4,7-11,18,26,30H,2,5-6,12-17,19H2,1H3,(H,27,31). The molecule has 3 rings (SSSR count). The molecule has 7 heteroatoms. The van der Waals surface area contributed by atoms with Crippen LogP contribution in [0.4, 0.5) is 0 Å². The van der Waals surface area contributed by atoms with Gasteiger partial charge >= 0.3 is 0 Å². The van der Waals surface area contributed by atoms with Gasteiger partial charge in [-0.15, -0.1) is 0 Å². The van der Waals surface area contributed by atoms with Gasteiger partial charge in [0.15, 0.2) is 0 Å². The third-order valence-corrected chi connectivity index (χ3v) is 5.81. The highest BCUT2D eigenvalue weighted by molar-refractivity contribution is 5.99. The average Bonchev–Trinajstić information content (AvgIpc) is 2.83. The average molecular weight is 439 g/mol. The Morgan fingerprint density at radius 2 is 1.75 bits per heavy atom. The highest BCUT2D eigenvalue weighted by Crippen LogP contribution is 2.14. The third-order valence-electron chi connectivity index (χ3n) is 5.81. The summed E-state index contributed by atoms with van der Waals surface area (Å²) in [5.74, 6) is -0.0209. The molecular formula is C25H34N4O3. The molecule has 0 atom stereocenters. The number of carbonyl (C=O) groups is 2. The normalized spacial score (nSPS) is 14.2. The smallest absolute Gasteiger partial charge is 0.253 e. The number of carbonyl (C=O) groups excluding carboxylic acids is 2. The topological polar surface area (TPSA) is 84.9 Å². The summed E-state index contributed by atoms with van der Waals surface area (Å²) in [6, 6.07) is 14.0. The minimum absolute atomic E-state index is 0.0685. The van der Waals surface area contributed by atoms with Gasteiger partial charge in [0, 0.05) is 56.5 Å². The molecule has 7 nitrogen and oxygen atoms in total. The number of hydrogen-bond donors (Lipinski definition) is 3. The monoisotopic (exact) mass is 438 g/mol. The van der Waals surface area contributed by atoms with Crippen molar-refractivity contribution in [2.45, 2.75) is 25.8 Å². The molecule has 0 radical (unpaired) electrons. The van der Waals surface area contributed by atoms with E-state index < -0.39 is 0 Å². The molecule has 0 aliphatic carbocycles. The fraction of sp³-hybridized carbons (Fsp3) is 0.440. The highest BCUT2D eigenvalue weighted by atomic mass is 16.3. The van der Waals surface area contributed by atoms with Crippen LogP contribution in [-0.4, -0.2) is 73.0 Å². The Balaban J connectivity index is 1.42. The molecule has 0 bridgehead atoms. The van der Waals surface area contributed by atoms with E-state index in [1.165, 1.54) is 19.3 Å². The number of nitrogens with one attached hydrogen (secondary N) is 2. The number of phenols is 1. The Labute approximate surface area is 190 Å². The lowest BCUT2D eigenvalue weighted by molar-refractivity contribution is 0.0773. The van der Waals surface area contributed by atoms with Crippen LogP contribution >= 0.6 is 0 Å². The van der Waals surface area contributed by atoms with Gasteiger partial charge in [0.25, 0.3) is 11.8 Å². The lowest BCUT2D eigenvalue weighted by Gasteiger charge is -2.28. The third kappa shape index (κ3) is 7.07. The molecular weight excluding hydrogens is 404 g/mol. The zero-order valence-electron chi connectivity index (χ0n) is 18.8. The van der Waals surface area contributed by atoms with Gasteiger partial charge in [-0.25, -0.2) is 0 Å². The lowest BCUT2D eigenvalue weighted by Crippen LogP contribution is -2.38. The van der Waals surface area contributed by atoms with Crippen molar-refractivity contribution < 1.29 is 14.7 Å². The Bertz CT molecular complexity index is 896. The van der Waals surface area contributed by atoms with E-state index in [-0.39, 0.29) is 17.6 Å². The van der Waals surface area contributed by atoms with Crippen LogP contribution in [0.5, 0.6) is 5.75 Å². The molecule has 1 aliphatic rings. The number of para-hydroxylation sites is 1. The van der Waals surface area contributed by atoms with E-state index in [1.807, 2.05) is 19.2 Å². The largest absolute Gasteiger partial charge is 0.508 e. The van der Waals surface area contributed by atoms with Gasteiger partial charge in [0.2, 0.25) is 0 Å². The van der Waals surface area contributed by atoms with Crippen molar-refractivity contribution in [2.24, 2.45) is 0 Å². The van der Waals surface area contributed by atoms with Gasteiger partial charge in [-0.1, -0.05) is 30.7 Å². The summed E-state index contributed by atoms with van der Waals surface area (Å²) in [7, 11) is 1.81. The summed E-state index contributed by atoms with van der Waals surface area (Å²) in [5, 5.41) is 15.8. The maximum Gasteiger partial charge on any atom is 0.253 e. The van der Waals surface area contributed by atoms with Crippen LogP contribution < -0.4 is 10.6 Å². The Kier molecular flexibility index (Phi) is 9.07. The van der Waals surface area contributed by atoms with E-state index in [0.29, 0.717) is 37.3 Å². The number of nitrogens with zero attached hydrogens (tertiary/aromatic N) is 2.